The predicted octanol–water partition coefficient (Wildman–Crippen LogP) is 2.31. The maximum absolute atomic E-state index is 12.1. The molecule has 1 saturated heterocycles. The maximum Gasteiger partial charge on any atom is 0.260 e. The molecular weight excluding hydrogens is 272 g/mol. The predicted molar refractivity (Wildman–Crippen MR) is 79.6 cm³/mol. The van der Waals surface area contributed by atoms with Crippen LogP contribution < -0.4 is 4.74 Å². The fourth-order valence-corrected chi connectivity index (χ4v) is 2.91. The lowest BCUT2D eigenvalue weighted by molar-refractivity contribution is -0.134. The molecule has 0 spiro atoms. The minimum absolute atomic E-state index is 0.0125. The average Bonchev–Trinajstić information content (AvgIpc) is 2.53. The zero-order valence-corrected chi connectivity index (χ0v) is 12.4. The number of carbonyl (C=O) groups excluding carboxylic acids is 1. The first-order valence-corrected chi connectivity index (χ1v) is 7.84. The van der Waals surface area contributed by atoms with Crippen LogP contribution in [0.3, 0.4) is 0 Å². The zero-order valence-electron chi connectivity index (χ0n) is 11.5. The monoisotopic (exact) mass is 290 g/mol. The lowest BCUT2D eigenvalue weighted by atomic mass is 9.97. The molecule has 1 amide bonds. The van der Waals surface area contributed by atoms with Gasteiger partial charge in [0.1, 0.15) is 10.5 Å². The Balaban J connectivity index is 1.82. The lowest BCUT2D eigenvalue weighted by Crippen LogP contribution is -2.46. The van der Waals surface area contributed by atoms with Crippen LogP contribution in [-0.4, -0.2) is 41.5 Å². The van der Waals surface area contributed by atoms with E-state index < -0.39 is 0 Å². The van der Waals surface area contributed by atoms with Crippen molar-refractivity contribution in [3.63, 3.8) is 0 Å². The van der Waals surface area contributed by atoms with Gasteiger partial charge in [0.25, 0.3) is 5.91 Å². The van der Waals surface area contributed by atoms with Crippen LogP contribution in [0.5, 0.6) is 5.75 Å². The van der Waals surface area contributed by atoms with E-state index in [1.165, 1.54) is 0 Å². The third kappa shape index (κ3) is 3.45. The van der Waals surface area contributed by atoms with E-state index in [4.69, 9.17) is 4.74 Å². The molecule has 1 fully saturated rings. The summed E-state index contributed by atoms with van der Waals surface area (Å²) in [5.41, 5.74) is 0. The third-order valence-electron chi connectivity index (χ3n) is 3.62. The molecule has 4 nitrogen and oxygen atoms in total. The van der Waals surface area contributed by atoms with Gasteiger partial charge in [0.15, 0.2) is 6.61 Å². The summed E-state index contributed by atoms with van der Waals surface area (Å²) >= 11 is 1.59. The van der Waals surface area contributed by atoms with Gasteiger partial charge in [-0.25, -0.2) is 0 Å². The number of piperidine rings is 1. The molecular formula is C15H18N2O2S. The molecule has 1 aromatic rings. The van der Waals surface area contributed by atoms with Crippen LogP contribution in [0, 0.1) is 11.3 Å². The Morgan fingerprint density at radius 1 is 1.40 bits per heavy atom. The topological polar surface area (TPSA) is 53.3 Å². The number of carbonyl (C=O) groups is 1. The Morgan fingerprint density at radius 3 is 2.60 bits per heavy atom. The zero-order chi connectivity index (χ0) is 14.4. The molecule has 1 aliphatic heterocycles. The van der Waals surface area contributed by atoms with Crippen molar-refractivity contribution in [3.8, 4) is 11.8 Å². The van der Waals surface area contributed by atoms with Crippen molar-refractivity contribution < 1.29 is 9.53 Å². The van der Waals surface area contributed by atoms with Gasteiger partial charge in [0.2, 0.25) is 0 Å². The fraction of sp³-hybridized carbons (Fsp3) is 0.467. The Morgan fingerprint density at radius 2 is 2.05 bits per heavy atom. The fourth-order valence-electron chi connectivity index (χ4n) is 2.23. The number of ether oxygens (including phenoxy) is 1. The SMILES string of the molecule is CSC1(C#N)CCN(C(=O)COc2ccccc2)CC1. The first kappa shape index (κ1) is 14.7. The van der Waals surface area contributed by atoms with Crippen molar-refractivity contribution >= 4 is 17.7 Å². The molecule has 106 valence electrons. The van der Waals surface area contributed by atoms with Crippen molar-refractivity contribution in [3.05, 3.63) is 30.3 Å². The minimum atomic E-state index is -0.322. The molecule has 0 saturated carbocycles. The summed E-state index contributed by atoms with van der Waals surface area (Å²) in [5, 5.41) is 9.22. The summed E-state index contributed by atoms with van der Waals surface area (Å²) < 4.78 is 5.14. The molecule has 0 aromatic heterocycles. The van der Waals surface area contributed by atoms with Crippen LogP contribution >= 0.6 is 11.8 Å². The Bertz CT molecular complexity index is 490. The number of likely N-dealkylation sites (tertiary alicyclic amines) is 1. The number of amides is 1. The Kier molecular flexibility index (Phi) is 4.91. The number of nitriles is 1. The van der Waals surface area contributed by atoms with Crippen LogP contribution in [0.1, 0.15) is 12.8 Å². The van der Waals surface area contributed by atoms with Crippen molar-refractivity contribution in [2.45, 2.75) is 17.6 Å². The number of hydrogen-bond donors (Lipinski definition) is 0. The highest BCUT2D eigenvalue weighted by Gasteiger charge is 2.35. The van der Waals surface area contributed by atoms with Gasteiger partial charge in [-0.1, -0.05) is 18.2 Å². The molecule has 0 N–H and O–H groups in total. The highest BCUT2D eigenvalue weighted by Crippen LogP contribution is 2.33. The summed E-state index contributed by atoms with van der Waals surface area (Å²) in [6.07, 6.45) is 3.41. The summed E-state index contributed by atoms with van der Waals surface area (Å²) in [6.45, 7) is 1.32. The van der Waals surface area contributed by atoms with Crippen LogP contribution in [0.4, 0.5) is 0 Å². The molecule has 0 aliphatic carbocycles. The van der Waals surface area contributed by atoms with Crippen LogP contribution in [0.2, 0.25) is 0 Å². The van der Waals surface area contributed by atoms with Gasteiger partial charge in [-0.15, -0.1) is 11.8 Å². The molecule has 2 rings (SSSR count). The van der Waals surface area contributed by atoms with Gasteiger partial charge in [-0.2, -0.15) is 5.26 Å². The molecule has 20 heavy (non-hydrogen) atoms. The van der Waals surface area contributed by atoms with Crippen LogP contribution in [0.25, 0.3) is 0 Å². The summed E-state index contributed by atoms with van der Waals surface area (Å²) in [5.74, 6) is 0.690. The molecule has 1 heterocycles. The Labute approximate surface area is 123 Å². The van der Waals surface area contributed by atoms with Crippen LogP contribution in [0.15, 0.2) is 30.3 Å². The first-order chi connectivity index (χ1) is 9.69. The average molecular weight is 290 g/mol. The molecule has 0 unspecified atom stereocenters. The first-order valence-electron chi connectivity index (χ1n) is 6.61. The second kappa shape index (κ2) is 6.67. The molecule has 1 aliphatic rings. The number of nitrogens with zero attached hydrogens (tertiary/aromatic N) is 2. The third-order valence-corrected chi connectivity index (χ3v) is 4.90. The number of hydrogen-bond acceptors (Lipinski definition) is 4. The van der Waals surface area contributed by atoms with Crippen molar-refractivity contribution in [2.75, 3.05) is 26.0 Å². The molecule has 0 bridgehead atoms. The molecule has 0 radical (unpaired) electrons. The summed E-state index contributed by atoms with van der Waals surface area (Å²) in [7, 11) is 0. The van der Waals surface area contributed by atoms with E-state index in [-0.39, 0.29) is 17.3 Å². The number of para-hydroxylation sites is 1. The van der Waals surface area contributed by atoms with E-state index in [2.05, 4.69) is 6.07 Å². The standard InChI is InChI=1S/C15H18N2O2S/c1-20-15(12-16)7-9-17(10-8-15)14(18)11-19-13-5-3-2-4-6-13/h2-6H,7-11H2,1H3. The van der Waals surface area contributed by atoms with E-state index in [0.29, 0.717) is 18.8 Å². The second-order valence-electron chi connectivity index (χ2n) is 4.79. The van der Waals surface area contributed by atoms with Gasteiger partial charge in [0, 0.05) is 13.1 Å². The number of thioether (sulfide) groups is 1. The maximum atomic E-state index is 12.1. The van der Waals surface area contributed by atoms with E-state index >= 15 is 0 Å². The quantitative estimate of drug-likeness (QED) is 0.854. The van der Waals surface area contributed by atoms with Crippen molar-refractivity contribution in [2.24, 2.45) is 0 Å². The van der Waals surface area contributed by atoms with E-state index in [9.17, 15) is 10.1 Å². The van der Waals surface area contributed by atoms with Gasteiger partial charge in [-0.05, 0) is 31.2 Å². The largest absolute Gasteiger partial charge is 0.484 e. The Hall–Kier alpha value is -1.67. The molecule has 1 aromatic carbocycles. The van der Waals surface area contributed by atoms with Gasteiger partial charge in [0.05, 0.1) is 6.07 Å². The molecule has 0 atom stereocenters. The van der Waals surface area contributed by atoms with E-state index in [1.807, 2.05) is 36.6 Å². The minimum Gasteiger partial charge on any atom is -0.484 e. The number of benzene rings is 1. The summed E-state index contributed by atoms with van der Waals surface area (Å²) in [6, 6.07) is 11.7. The van der Waals surface area contributed by atoms with E-state index in [0.717, 1.165) is 12.8 Å². The lowest BCUT2D eigenvalue weighted by Gasteiger charge is -2.36. The second-order valence-corrected chi connectivity index (χ2v) is 5.98. The van der Waals surface area contributed by atoms with Gasteiger partial charge in [-0.3, -0.25) is 4.79 Å². The normalized spacial score (nSPS) is 17.3. The smallest absolute Gasteiger partial charge is 0.260 e. The van der Waals surface area contributed by atoms with Crippen LogP contribution in [-0.2, 0) is 4.79 Å². The number of rotatable bonds is 4. The van der Waals surface area contributed by atoms with Gasteiger partial charge < -0.3 is 9.64 Å². The van der Waals surface area contributed by atoms with Gasteiger partial charge >= 0.3 is 0 Å². The highest BCUT2D eigenvalue weighted by atomic mass is 32.2. The van der Waals surface area contributed by atoms with Crippen molar-refractivity contribution in [1.82, 2.24) is 4.90 Å². The summed E-state index contributed by atoms with van der Waals surface area (Å²) in [4.78, 5) is 13.9. The van der Waals surface area contributed by atoms with E-state index in [1.54, 1.807) is 16.7 Å². The molecule has 5 heteroatoms. The highest BCUT2D eigenvalue weighted by molar-refractivity contribution is 8.00. The van der Waals surface area contributed by atoms with Crippen molar-refractivity contribution in [1.29, 1.82) is 5.26 Å².